The number of anilines is 1. The van der Waals surface area contributed by atoms with Crippen molar-refractivity contribution in [1.82, 2.24) is 14.7 Å². The summed E-state index contributed by atoms with van der Waals surface area (Å²) in [5.41, 5.74) is 5.27. The highest BCUT2D eigenvalue weighted by molar-refractivity contribution is 7.98. The zero-order valence-corrected chi connectivity index (χ0v) is 10.5. The number of rotatable bonds is 6. The molecule has 16 heavy (non-hydrogen) atoms. The number of hydrogen-bond donors (Lipinski definition) is 2. The van der Waals surface area contributed by atoms with Gasteiger partial charge in [0.1, 0.15) is 4.90 Å². The number of aromatic nitrogens is 2. The van der Waals surface area contributed by atoms with E-state index in [1.165, 1.54) is 12.4 Å². The maximum absolute atomic E-state index is 11.7. The Labute approximate surface area is 99.1 Å². The Kier molecular flexibility index (Phi) is 4.97. The lowest BCUT2D eigenvalue weighted by Crippen LogP contribution is -2.25. The number of nitrogens with zero attached hydrogens (tertiary/aromatic N) is 2. The third-order valence-corrected chi connectivity index (χ3v) is 3.89. The van der Waals surface area contributed by atoms with E-state index in [0.29, 0.717) is 6.54 Å². The summed E-state index contributed by atoms with van der Waals surface area (Å²) in [6.45, 7) is 0.410. The Balaban J connectivity index is 2.60. The Morgan fingerprint density at radius 1 is 1.44 bits per heavy atom. The maximum atomic E-state index is 11.7. The molecule has 0 atom stereocenters. The molecule has 90 valence electrons. The molecule has 0 saturated heterocycles. The second-order valence-electron chi connectivity index (χ2n) is 3.02. The molecule has 0 aliphatic rings. The van der Waals surface area contributed by atoms with Crippen molar-refractivity contribution >= 4 is 27.7 Å². The van der Waals surface area contributed by atoms with Crippen molar-refractivity contribution in [2.75, 3.05) is 24.3 Å². The summed E-state index contributed by atoms with van der Waals surface area (Å²) in [7, 11) is -3.50. The van der Waals surface area contributed by atoms with Gasteiger partial charge in [0.2, 0.25) is 16.0 Å². The Hall–Kier alpha value is -0.860. The van der Waals surface area contributed by atoms with E-state index in [4.69, 9.17) is 5.73 Å². The van der Waals surface area contributed by atoms with E-state index < -0.39 is 10.0 Å². The second-order valence-corrected chi connectivity index (χ2v) is 5.77. The monoisotopic (exact) mass is 262 g/mol. The molecular weight excluding hydrogens is 248 g/mol. The molecule has 1 rings (SSSR count). The summed E-state index contributed by atoms with van der Waals surface area (Å²) >= 11 is 1.67. The van der Waals surface area contributed by atoms with Gasteiger partial charge in [0.05, 0.1) is 12.4 Å². The Morgan fingerprint density at radius 3 is 2.62 bits per heavy atom. The fourth-order valence-electron chi connectivity index (χ4n) is 0.971. The van der Waals surface area contributed by atoms with Crippen LogP contribution in [0.2, 0.25) is 0 Å². The van der Waals surface area contributed by atoms with E-state index in [1.54, 1.807) is 11.8 Å². The summed E-state index contributed by atoms with van der Waals surface area (Å²) in [5.74, 6) is 0.974. The van der Waals surface area contributed by atoms with Gasteiger partial charge in [0.25, 0.3) is 0 Å². The smallest absolute Gasteiger partial charge is 0.243 e. The van der Waals surface area contributed by atoms with Gasteiger partial charge in [-0.2, -0.15) is 11.8 Å². The zero-order valence-electron chi connectivity index (χ0n) is 8.88. The molecule has 0 aromatic carbocycles. The molecule has 0 unspecified atom stereocenters. The van der Waals surface area contributed by atoms with Gasteiger partial charge in [0.15, 0.2) is 0 Å². The predicted molar refractivity (Wildman–Crippen MR) is 64.6 cm³/mol. The van der Waals surface area contributed by atoms with Gasteiger partial charge in [0, 0.05) is 6.54 Å². The van der Waals surface area contributed by atoms with E-state index in [0.717, 1.165) is 12.2 Å². The summed E-state index contributed by atoms with van der Waals surface area (Å²) in [4.78, 5) is 7.30. The molecule has 0 aliphatic heterocycles. The van der Waals surface area contributed by atoms with Crippen LogP contribution in [0.25, 0.3) is 0 Å². The average molecular weight is 262 g/mol. The van der Waals surface area contributed by atoms with Crippen molar-refractivity contribution in [2.24, 2.45) is 0 Å². The molecule has 1 aromatic heterocycles. The highest BCUT2D eigenvalue weighted by atomic mass is 32.2. The van der Waals surface area contributed by atoms with Gasteiger partial charge >= 0.3 is 0 Å². The van der Waals surface area contributed by atoms with Gasteiger partial charge in [-0.3, -0.25) is 0 Å². The van der Waals surface area contributed by atoms with Crippen LogP contribution in [0.5, 0.6) is 0 Å². The molecule has 0 bridgehead atoms. The fraction of sp³-hybridized carbons (Fsp3) is 0.500. The first-order valence-corrected chi connectivity index (χ1v) is 7.50. The molecule has 0 aliphatic carbocycles. The second kappa shape index (κ2) is 6.02. The molecule has 1 aromatic rings. The molecule has 8 heteroatoms. The van der Waals surface area contributed by atoms with Crippen LogP contribution in [0, 0.1) is 0 Å². The number of thioether (sulfide) groups is 1. The van der Waals surface area contributed by atoms with E-state index in [2.05, 4.69) is 14.7 Å². The molecular formula is C8H14N4O2S2. The van der Waals surface area contributed by atoms with Gasteiger partial charge in [-0.25, -0.2) is 23.1 Å². The lowest BCUT2D eigenvalue weighted by atomic mass is 10.5. The van der Waals surface area contributed by atoms with E-state index in [9.17, 15) is 8.42 Å². The van der Waals surface area contributed by atoms with Crippen molar-refractivity contribution in [1.29, 1.82) is 0 Å². The normalized spacial score (nSPS) is 11.6. The summed E-state index contributed by atoms with van der Waals surface area (Å²) in [5, 5.41) is 0. The lowest BCUT2D eigenvalue weighted by Gasteiger charge is -2.05. The number of hydrogen-bond acceptors (Lipinski definition) is 6. The summed E-state index contributed by atoms with van der Waals surface area (Å²) < 4.78 is 25.8. The minimum Gasteiger partial charge on any atom is -0.368 e. The molecule has 0 radical (unpaired) electrons. The van der Waals surface area contributed by atoms with Crippen molar-refractivity contribution in [2.45, 2.75) is 11.3 Å². The number of sulfonamides is 1. The molecule has 3 N–H and O–H groups in total. The summed E-state index contributed by atoms with van der Waals surface area (Å²) in [6, 6.07) is 0. The minimum atomic E-state index is -3.50. The first kappa shape index (κ1) is 13.2. The molecule has 6 nitrogen and oxygen atoms in total. The van der Waals surface area contributed by atoms with Crippen molar-refractivity contribution in [3.05, 3.63) is 12.4 Å². The number of nitrogen functional groups attached to an aromatic ring is 1. The first-order chi connectivity index (χ1) is 7.56. The van der Waals surface area contributed by atoms with Gasteiger partial charge in [-0.15, -0.1) is 0 Å². The van der Waals surface area contributed by atoms with Crippen LogP contribution in [0.4, 0.5) is 5.95 Å². The van der Waals surface area contributed by atoms with Crippen LogP contribution in [-0.2, 0) is 10.0 Å². The largest absolute Gasteiger partial charge is 0.368 e. The van der Waals surface area contributed by atoms with Crippen molar-refractivity contribution in [3.8, 4) is 0 Å². The van der Waals surface area contributed by atoms with E-state index >= 15 is 0 Å². The lowest BCUT2D eigenvalue weighted by molar-refractivity contribution is 0.580. The third kappa shape index (κ3) is 3.95. The highest BCUT2D eigenvalue weighted by Crippen LogP contribution is 2.05. The van der Waals surface area contributed by atoms with E-state index in [1.807, 2.05) is 6.26 Å². The van der Waals surface area contributed by atoms with Crippen LogP contribution < -0.4 is 10.5 Å². The maximum Gasteiger partial charge on any atom is 0.243 e. The number of nitrogens with two attached hydrogens (primary N) is 1. The average Bonchev–Trinajstić information content (AvgIpc) is 2.25. The summed E-state index contributed by atoms with van der Waals surface area (Å²) in [6.07, 6.45) is 5.15. The number of nitrogens with one attached hydrogen (secondary N) is 1. The van der Waals surface area contributed by atoms with E-state index in [-0.39, 0.29) is 10.8 Å². The zero-order chi connectivity index (χ0) is 12.0. The molecule has 1 heterocycles. The third-order valence-electron chi connectivity index (χ3n) is 1.78. The van der Waals surface area contributed by atoms with Gasteiger partial charge in [-0.1, -0.05) is 0 Å². The molecule has 0 spiro atoms. The highest BCUT2D eigenvalue weighted by Gasteiger charge is 2.13. The fourth-order valence-corrected chi connectivity index (χ4v) is 2.37. The van der Waals surface area contributed by atoms with Crippen LogP contribution in [0.15, 0.2) is 17.3 Å². The minimum absolute atomic E-state index is 0.0332. The molecule has 0 amide bonds. The standard InChI is InChI=1S/C8H14N4O2S2/c1-15-4-2-3-12-16(13,14)7-5-10-8(9)11-6-7/h5-6,12H,2-4H2,1H3,(H2,9,10,11). The van der Waals surface area contributed by atoms with Crippen molar-refractivity contribution < 1.29 is 8.42 Å². The van der Waals surface area contributed by atoms with Crippen LogP contribution in [0.3, 0.4) is 0 Å². The predicted octanol–water partition coefficient (Wildman–Crippen LogP) is 0.0902. The molecule has 0 fully saturated rings. The van der Waals surface area contributed by atoms with Crippen LogP contribution in [-0.4, -0.2) is 36.9 Å². The van der Waals surface area contributed by atoms with Crippen LogP contribution >= 0.6 is 11.8 Å². The van der Waals surface area contributed by atoms with Crippen molar-refractivity contribution in [3.63, 3.8) is 0 Å². The first-order valence-electron chi connectivity index (χ1n) is 4.62. The quantitative estimate of drug-likeness (QED) is 0.705. The SMILES string of the molecule is CSCCCNS(=O)(=O)c1cnc(N)nc1. The topological polar surface area (TPSA) is 98.0 Å². The van der Waals surface area contributed by atoms with Crippen LogP contribution in [0.1, 0.15) is 6.42 Å². The van der Waals surface area contributed by atoms with Gasteiger partial charge < -0.3 is 5.73 Å². The van der Waals surface area contributed by atoms with Gasteiger partial charge in [-0.05, 0) is 18.4 Å². The Bertz CT molecular complexity index is 418. The molecule has 0 saturated carbocycles. The Morgan fingerprint density at radius 2 is 2.06 bits per heavy atom.